The number of alkyl halides is 1. The average molecular weight is 243 g/mol. The van der Waals surface area contributed by atoms with Gasteiger partial charge in [0.2, 0.25) is 0 Å². The molecule has 0 aliphatic rings. The van der Waals surface area contributed by atoms with Crippen LogP contribution in [0, 0.1) is 0 Å². The molecule has 1 rings (SSSR count). The maximum atomic E-state index is 10.9. The highest BCUT2D eigenvalue weighted by atomic mass is 35.5. The van der Waals surface area contributed by atoms with Gasteiger partial charge in [-0.3, -0.25) is 0 Å². The number of carboxylic acids is 2. The molecule has 1 aromatic rings. The molecule has 0 atom stereocenters. The van der Waals surface area contributed by atoms with E-state index in [9.17, 15) is 9.59 Å². The van der Waals surface area contributed by atoms with Crippen LogP contribution in [0.15, 0.2) is 18.2 Å². The summed E-state index contributed by atoms with van der Waals surface area (Å²) in [5.74, 6) is -1.81. The molecule has 1 aromatic carbocycles. The van der Waals surface area contributed by atoms with Crippen LogP contribution in [-0.4, -0.2) is 28.0 Å². The molecule has 0 heterocycles. The number of carbonyl (C=O) groups is 2. The van der Waals surface area contributed by atoms with Crippen LogP contribution in [0.4, 0.5) is 0 Å². The van der Waals surface area contributed by atoms with Gasteiger partial charge in [0, 0.05) is 5.88 Å². The third-order valence-corrected chi connectivity index (χ3v) is 2.43. The Balaban J connectivity index is 3.09. The van der Waals surface area contributed by atoms with E-state index < -0.39 is 11.9 Å². The monoisotopic (exact) mass is 242 g/mol. The third kappa shape index (κ3) is 2.97. The molecule has 0 amide bonds. The minimum absolute atomic E-state index is 0.0213. The standard InChI is InChI=1S/C11H11ClO4/c12-5-1-2-7-3-4-8(10(13)14)6-9(7)11(15)16/h3-4,6H,1-2,5H2,(H,13,14)(H,15,16). The Morgan fingerprint density at radius 1 is 1.19 bits per heavy atom. The Hall–Kier alpha value is -1.55. The van der Waals surface area contributed by atoms with E-state index >= 15 is 0 Å². The summed E-state index contributed by atoms with van der Waals surface area (Å²) in [5.41, 5.74) is 0.621. The fraction of sp³-hybridized carbons (Fsp3) is 0.273. The zero-order valence-corrected chi connectivity index (χ0v) is 9.20. The van der Waals surface area contributed by atoms with E-state index in [0.717, 1.165) is 0 Å². The number of benzene rings is 1. The molecule has 0 spiro atoms. The number of hydrogen-bond acceptors (Lipinski definition) is 2. The van der Waals surface area contributed by atoms with Gasteiger partial charge in [0.15, 0.2) is 0 Å². The Kier molecular flexibility index (Phi) is 4.31. The van der Waals surface area contributed by atoms with Gasteiger partial charge in [-0.1, -0.05) is 6.07 Å². The second kappa shape index (κ2) is 5.51. The van der Waals surface area contributed by atoms with Crippen molar-refractivity contribution < 1.29 is 19.8 Å². The summed E-state index contributed by atoms with van der Waals surface area (Å²) < 4.78 is 0. The first-order valence-electron chi connectivity index (χ1n) is 4.71. The van der Waals surface area contributed by atoms with Crippen LogP contribution in [0.25, 0.3) is 0 Å². The topological polar surface area (TPSA) is 74.6 Å². The van der Waals surface area contributed by atoms with Crippen molar-refractivity contribution in [3.63, 3.8) is 0 Å². The number of aryl methyl sites for hydroxylation is 1. The van der Waals surface area contributed by atoms with E-state index in [2.05, 4.69) is 0 Å². The highest BCUT2D eigenvalue weighted by molar-refractivity contribution is 6.17. The van der Waals surface area contributed by atoms with Gasteiger partial charge in [0.05, 0.1) is 11.1 Å². The first-order valence-corrected chi connectivity index (χ1v) is 5.25. The van der Waals surface area contributed by atoms with Crippen molar-refractivity contribution in [3.8, 4) is 0 Å². The Bertz CT molecular complexity index is 414. The number of aromatic carboxylic acids is 2. The first-order chi connectivity index (χ1) is 7.56. The smallest absolute Gasteiger partial charge is 0.335 e. The minimum atomic E-state index is -1.13. The van der Waals surface area contributed by atoms with Gasteiger partial charge in [-0.15, -0.1) is 11.6 Å². The van der Waals surface area contributed by atoms with E-state index in [1.54, 1.807) is 0 Å². The van der Waals surface area contributed by atoms with Crippen LogP contribution >= 0.6 is 11.6 Å². The van der Waals surface area contributed by atoms with Crippen molar-refractivity contribution in [2.24, 2.45) is 0 Å². The molecule has 0 saturated carbocycles. The van der Waals surface area contributed by atoms with E-state index in [-0.39, 0.29) is 11.1 Å². The quantitative estimate of drug-likeness (QED) is 0.777. The predicted molar refractivity (Wildman–Crippen MR) is 59.4 cm³/mol. The molecule has 0 aliphatic heterocycles. The van der Waals surface area contributed by atoms with Gasteiger partial charge in [-0.2, -0.15) is 0 Å². The molecular weight excluding hydrogens is 232 g/mol. The molecule has 0 fully saturated rings. The molecule has 5 heteroatoms. The van der Waals surface area contributed by atoms with E-state index in [1.165, 1.54) is 18.2 Å². The van der Waals surface area contributed by atoms with Crippen LogP contribution < -0.4 is 0 Å². The van der Waals surface area contributed by atoms with E-state index in [0.29, 0.717) is 24.3 Å². The van der Waals surface area contributed by atoms with Gasteiger partial charge < -0.3 is 10.2 Å². The molecule has 86 valence electrons. The van der Waals surface area contributed by atoms with Gasteiger partial charge in [-0.05, 0) is 30.5 Å². The van der Waals surface area contributed by atoms with Crippen LogP contribution in [0.2, 0.25) is 0 Å². The normalized spacial score (nSPS) is 10.1. The summed E-state index contributed by atoms with van der Waals surface area (Å²) in [5, 5.41) is 17.7. The lowest BCUT2D eigenvalue weighted by Gasteiger charge is -2.06. The van der Waals surface area contributed by atoms with Crippen molar-refractivity contribution in [1.29, 1.82) is 0 Å². The van der Waals surface area contributed by atoms with Crippen LogP contribution in [0.1, 0.15) is 32.7 Å². The zero-order chi connectivity index (χ0) is 12.1. The molecule has 0 aromatic heterocycles. The SMILES string of the molecule is O=C(O)c1ccc(CCCCl)c(C(=O)O)c1. The number of halogens is 1. The highest BCUT2D eigenvalue weighted by Crippen LogP contribution is 2.15. The van der Waals surface area contributed by atoms with E-state index in [1.807, 2.05) is 0 Å². The van der Waals surface area contributed by atoms with Gasteiger partial charge >= 0.3 is 11.9 Å². The number of hydrogen-bond donors (Lipinski definition) is 2. The molecule has 0 unspecified atom stereocenters. The second-order valence-corrected chi connectivity index (χ2v) is 3.65. The molecule has 0 radical (unpaired) electrons. The Morgan fingerprint density at radius 3 is 2.38 bits per heavy atom. The van der Waals surface area contributed by atoms with Gasteiger partial charge in [0.25, 0.3) is 0 Å². The summed E-state index contributed by atoms with van der Waals surface area (Å²) in [6.07, 6.45) is 1.19. The Morgan fingerprint density at radius 2 is 1.88 bits per heavy atom. The van der Waals surface area contributed by atoms with Gasteiger partial charge in [0.1, 0.15) is 0 Å². The minimum Gasteiger partial charge on any atom is -0.478 e. The Labute approximate surface area is 97.5 Å². The zero-order valence-electron chi connectivity index (χ0n) is 8.44. The lowest BCUT2D eigenvalue weighted by Crippen LogP contribution is -2.06. The maximum Gasteiger partial charge on any atom is 0.335 e. The van der Waals surface area contributed by atoms with Crippen molar-refractivity contribution in [2.75, 3.05) is 5.88 Å². The molecule has 4 nitrogen and oxygen atoms in total. The summed E-state index contributed by atoms with van der Waals surface area (Å²) in [7, 11) is 0. The summed E-state index contributed by atoms with van der Waals surface area (Å²) in [4.78, 5) is 21.6. The molecule has 0 bridgehead atoms. The van der Waals surface area contributed by atoms with Gasteiger partial charge in [-0.25, -0.2) is 9.59 Å². The molecule has 0 aliphatic carbocycles. The van der Waals surface area contributed by atoms with Crippen LogP contribution in [-0.2, 0) is 6.42 Å². The fourth-order valence-corrected chi connectivity index (χ4v) is 1.52. The van der Waals surface area contributed by atoms with Crippen molar-refractivity contribution in [1.82, 2.24) is 0 Å². The lowest BCUT2D eigenvalue weighted by molar-refractivity contribution is 0.0695. The van der Waals surface area contributed by atoms with Crippen molar-refractivity contribution in [3.05, 3.63) is 34.9 Å². The highest BCUT2D eigenvalue weighted by Gasteiger charge is 2.13. The number of rotatable bonds is 5. The fourth-order valence-electron chi connectivity index (χ4n) is 1.38. The first kappa shape index (κ1) is 12.5. The maximum absolute atomic E-state index is 10.9. The molecule has 2 N–H and O–H groups in total. The van der Waals surface area contributed by atoms with E-state index in [4.69, 9.17) is 21.8 Å². The summed E-state index contributed by atoms with van der Waals surface area (Å²) in [6.45, 7) is 0. The second-order valence-electron chi connectivity index (χ2n) is 3.27. The van der Waals surface area contributed by atoms with Crippen LogP contribution in [0.3, 0.4) is 0 Å². The van der Waals surface area contributed by atoms with Crippen LogP contribution in [0.5, 0.6) is 0 Å². The number of carboxylic acid groups (broad SMARTS) is 2. The lowest BCUT2D eigenvalue weighted by atomic mass is 10.0. The largest absolute Gasteiger partial charge is 0.478 e. The third-order valence-electron chi connectivity index (χ3n) is 2.17. The summed E-state index contributed by atoms with van der Waals surface area (Å²) >= 11 is 5.52. The van der Waals surface area contributed by atoms with Crippen molar-refractivity contribution in [2.45, 2.75) is 12.8 Å². The predicted octanol–water partition coefficient (Wildman–Crippen LogP) is 2.25. The molecular formula is C11H11ClO4. The molecule has 16 heavy (non-hydrogen) atoms. The summed E-state index contributed by atoms with van der Waals surface area (Å²) in [6, 6.07) is 4.10. The molecule has 0 saturated heterocycles. The average Bonchev–Trinajstić information content (AvgIpc) is 2.25. The van der Waals surface area contributed by atoms with Crippen molar-refractivity contribution >= 4 is 23.5 Å².